The predicted molar refractivity (Wildman–Crippen MR) is 68.5 cm³/mol. The number of rotatable bonds is 5. The van der Waals surface area contributed by atoms with E-state index in [0.29, 0.717) is 12.5 Å². The maximum Gasteiger partial charge on any atom is 0.137 e. The van der Waals surface area contributed by atoms with Crippen LogP contribution in [0.3, 0.4) is 0 Å². The zero-order valence-corrected chi connectivity index (χ0v) is 11.6. The minimum absolute atomic E-state index is 0.173. The van der Waals surface area contributed by atoms with Crippen LogP contribution in [0.2, 0.25) is 0 Å². The first-order valence-electron chi connectivity index (χ1n) is 6.29. The topological polar surface area (TPSA) is 50.9 Å². The molecule has 0 saturated carbocycles. The highest BCUT2D eigenvalue weighted by Crippen LogP contribution is 2.36. The van der Waals surface area contributed by atoms with Crippen molar-refractivity contribution >= 4 is 0 Å². The fraction of sp³-hybridized carbons (Fsp3) is 0.846. The molecule has 0 saturated heterocycles. The molecule has 98 valence electrons. The molecule has 1 heterocycles. The third kappa shape index (κ3) is 3.80. The first-order chi connectivity index (χ1) is 7.74. The second-order valence-electron chi connectivity index (χ2n) is 6.31. The SMILES string of the molecule is CC(C)CCC(O)(Cn1cncn1)C(C)(C)C. The van der Waals surface area contributed by atoms with Crippen LogP contribution >= 0.6 is 0 Å². The van der Waals surface area contributed by atoms with Crippen LogP contribution in [0.4, 0.5) is 0 Å². The highest BCUT2D eigenvalue weighted by Gasteiger charge is 2.40. The molecule has 4 nitrogen and oxygen atoms in total. The molecule has 1 aromatic heterocycles. The third-order valence-corrected chi connectivity index (χ3v) is 3.42. The number of nitrogens with zero attached hydrogens (tertiary/aromatic N) is 3. The molecule has 1 rings (SSSR count). The Hall–Kier alpha value is -0.900. The summed E-state index contributed by atoms with van der Waals surface area (Å²) in [6.07, 6.45) is 4.97. The smallest absolute Gasteiger partial charge is 0.137 e. The molecule has 0 radical (unpaired) electrons. The monoisotopic (exact) mass is 239 g/mol. The molecule has 0 aliphatic heterocycles. The lowest BCUT2D eigenvalue weighted by Gasteiger charge is -2.40. The van der Waals surface area contributed by atoms with Crippen LogP contribution in [0.25, 0.3) is 0 Å². The van der Waals surface area contributed by atoms with Gasteiger partial charge >= 0.3 is 0 Å². The maximum atomic E-state index is 10.9. The normalized spacial score (nSPS) is 16.2. The lowest BCUT2D eigenvalue weighted by atomic mass is 9.73. The number of aliphatic hydroxyl groups is 1. The van der Waals surface area contributed by atoms with Crippen LogP contribution in [0.1, 0.15) is 47.5 Å². The highest BCUT2D eigenvalue weighted by atomic mass is 16.3. The van der Waals surface area contributed by atoms with Gasteiger partial charge in [-0.25, -0.2) is 4.98 Å². The quantitative estimate of drug-likeness (QED) is 0.859. The van der Waals surface area contributed by atoms with E-state index in [2.05, 4.69) is 44.7 Å². The van der Waals surface area contributed by atoms with Gasteiger partial charge < -0.3 is 5.11 Å². The van der Waals surface area contributed by atoms with E-state index in [1.54, 1.807) is 11.0 Å². The molecule has 1 atom stereocenters. The number of hydrogen-bond acceptors (Lipinski definition) is 3. The summed E-state index contributed by atoms with van der Waals surface area (Å²) in [7, 11) is 0. The van der Waals surface area contributed by atoms with E-state index in [-0.39, 0.29) is 5.41 Å². The van der Waals surface area contributed by atoms with Crippen molar-refractivity contribution in [3.05, 3.63) is 12.7 Å². The van der Waals surface area contributed by atoms with Crippen LogP contribution in [0.15, 0.2) is 12.7 Å². The van der Waals surface area contributed by atoms with Crippen LogP contribution in [-0.4, -0.2) is 25.5 Å². The first kappa shape index (κ1) is 14.2. The Bertz CT molecular complexity index is 327. The summed E-state index contributed by atoms with van der Waals surface area (Å²) < 4.78 is 1.71. The molecule has 0 aliphatic rings. The van der Waals surface area contributed by atoms with Gasteiger partial charge in [0.1, 0.15) is 12.7 Å². The molecule has 1 unspecified atom stereocenters. The average molecular weight is 239 g/mol. The van der Waals surface area contributed by atoms with E-state index >= 15 is 0 Å². The van der Waals surface area contributed by atoms with Crippen LogP contribution in [0, 0.1) is 11.3 Å². The van der Waals surface area contributed by atoms with Crippen molar-refractivity contribution in [2.45, 2.75) is 59.6 Å². The van der Waals surface area contributed by atoms with E-state index in [0.717, 1.165) is 12.8 Å². The molecule has 0 aliphatic carbocycles. The Morgan fingerprint density at radius 3 is 2.35 bits per heavy atom. The molecule has 0 bridgehead atoms. The Balaban J connectivity index is 2.79. The van der Waals surface area contributed by atoms with Crippen molar-refractivity contribution in [3.63, 3.8) is 0 Å². The van der Waals surface area contributed by atoms with Crippen molar-refractivity contribution in [2.24, 2.45) is 11.3 Å². The second-order valence-corrected chi connectivity index (χ2v) is 6.31. The lowest BCUT2D eigenvalue weighted by molar-refractivity contribution is -0.0829. The lowest BCUT2D eigenvalue weighted by Crippen LogP contribution is -2.46. The molecular formula is C13H25N3O. The Labute approximate surface area is 104 Å². The van der Waals surface area contributed by atoms with Crippen molar-refractivity contribution in [3.8, 4) is 0 Å². The van der Waals surface area contributed by atoms with Crippen LogP contribution in [-0.2, 0) is 6.54 Å². The van der Waals surface area contributed by atoms with E-state index in [1.807, 2.05) is 0 Å². The maximum absolute atomic E-state index is 10.9. The van der Waals surface area contributed by atoms with Crippen molar-refractivity contribution in [1.29, 1.82) is 0 Å². The van der Waals surface area contributed by atoms with Crippen LogP contribution in [0.5, 0.6) is 0 Å². The Kier molecular flexibility index (Phi) is 4.31. The first-order valence-corrected chi connectivity index (χ1v) is 6.29. The average Bonchev–Trinajstić information content (AvgIpc) is 2.65. The third-order valence-electron chi connectivity index (χ3n) is 3.42. The van der Waals surface area contributed by atoms with Crippen molar-refractivity contribution < 1.29 is 5.11 Å². The standard InChI is InChI=1S/C13H25N3O/c1-11(2)6-7-13(17,12(3,4)5)8-16-10-14-9-15-16/h9-11,17H,6-8H2,1-5H3. The van der Waals surface area contributed by atoms with Gasteiger partial charge in [0.2, 0.25) is 0 Å². The summed E-state index contributed by atoms with van der Waals surface area (Å²) in [6.45, 7) is 11.1. The van der Waals surface area contributed by atoms with Gasteiger partial charge in [0, 0.05) is 0 Å². The van der Waals surface area contributed by atoms with Gasteiger partial charge in [0.05, 0.1) is 12.1 Å². The summed E-state index contributed by atoms with van der Waals surface area (Å²) in [6, 6.07) is 0. The van der Waals surface area contributed by atoms with Gasteiger partial charge in [-0.15, -0.1) is 0 Å². The van der Waals surface area contributed by atoms with E-state index in [4.69, 9.17) is 0 Å². The van der Waals surface area contributed by atoms with Gasteiger partial charge in [0.15, 0.2) is 0 Å². The van der Waals surface area contributed by atoms with Gasteiger partial charge in [0.25, 0.3) is 0 Å². The Morgan fingerprint density at radius 1 is 1.29 bits per heavy atom. The van der Waals surface area contributed by atoms with Gasteiger partial charge in [-0.05, 0) is 24.2 Å². The summed E-state index contributed by atoms with van der Waals surface area (Å²) in [5.41, 5.74) is -0.918. The van der Waals surface area contributed by atoms with E-state index < -0.39 is 5.60 Å². The molecule has 1 N–H and O–H groups in total. The minimum atomic E-state index is -0.745. The summed E-state index contributed by atoms with van der Waals surface area (Å²) in [4.78, 5) is 3.92. The molecular weight excluding hydrogens is 214 g/mol. The molecule has 0 fully saturated rings. The Morgan fingerprint density at radius 2 is 1.94 bits per heavy atom. The van der Waals surface area contributed by atoms with Crippen molar-refractivity contribution in [1.82, 2.24) is 14.8 Å². The van der Waals surface area contributed by atoms with Gasteiger partial charge in [-0.3, -0.25) is 4.68 Å². The number of hydrogen-bond donors (Lipinski definition) is 1. The predicted octanol–water partition coefficient (Wildman–Crippen LogP) is 2.49. The van der Waals surface area contributed by atoms with Gasteiger partial charge in [-0.2, -0.15) is 5.10 Å². The number of aromatic nitrogens is 3. The second kappa shape index (κ2) is 5.17. The summed E-state index contributed by atoms with van der Waals surface area (Å²) >= 11 is 0. The molecule has 0 amide bonds. The molecule has 17 heavy (non-hydrogen) atoms. The molecule has 0 spiro atoms. The fourth-order valence-corrected chi connectivity index (χ4v) is 1.80. The molecule has 0 aromatic carbocycles. The molecule has 1 aromatic rings. The zero-order valence-electron chi connectivity index (χ0n) is 11.6. The molecule has 4 heteroatoms. The zero-order chi connectivity index (χ0) is 13.1. The van der Waals surface area contributed by atoms with E-state index in [1.165, 1.54) is 6.33 Å². The highest BCUT2D eigenvalue weighted by molar-refractivity contribution is 4.90. The summed E-state index contributed by atoms with van der Waals surface area (Å²) in [5.74, 6) is 0.597. The van der Waals surface area contributed by atoms with Crippen molar-refractivity contribution in [2.75, 3.05) is 0 Å². The summed E-state index contributed by atoms with van der Waals surface area (Å²) in [5, 5.41) is 15.0. The van der Waals surface area contributed by atoms with Gasteiger partial charge in [-0.1, -0.05) is 34.6 Å². The van der Waals surface area contributed by atoms with Crippen LogP contribution < -0.4 is 0 Å². The largest absolute Gasteiger partial charge is 0.387 e. The minimum Gasteiger partial charge on any atom is -0.387 e. The fourth-order valence-electron chi connectivity index (χ4n) is 1.80. The van der Waals surface area contributed by atoms with E-state index in [9.17, 15) is 5.11 Å².